The lowest BCUT2D eigenvalue weighted by Gasteiger charge is -2.30. The van der Waals surface area contributed by atoms with E-state index >= 15 is 0 Å². The summed E-state index contributed by atoms with van der Waals surface area (Å²) in [5, 5.41) is 2.89. The first-order valence-electron chi connectivity index (χ1n) is 12.8. The third kappa shape index (κ3) is 5.65. The number of alkyl carbamates (subject to hydrolysis) is 1. The van der Waals surface area contributed by atoms with E-state index in [0.717, 1.165) is 6.42 Å². The first kappa shape index (κ1) is 26.8. The average Bonchev–Trinajstić information content (AvgIpc) is 3.52. The number of nitrogens with one attached hydrogen (secondary N) is 1. The minimum absolute atomic E-state index is 0.00420. The molecule has 5 rings (SSSR count). The van der Waals surface area contributed by atoms with Crippen molar-refractivity contribution in [1.29, 1.82) is 0 Å². The van der Waals surface area contributed by atoms with Crippen molar-refractivity contribution in [2.45, 2.75) is 51.8 Å². The van der Waals surface area contributed by atoms with Gasteiger partial charge in [0.25, 0.3) is 6.43 Å². The number of morpholine rings is 1. The van der Waals surface area contributed by atoms with Crippen LogP contribution in [0.4, 0.5) is 25.5 Å². The van der Waals surface area contributed by atoms with E-state index in [1.54, 1.807) is 39.0 Å². The summed E-state index contributed by atoms with van der Waals surface area (Å²) in [6, 6.07) is 5.02. The van der Waals surface area contributed by atoms with Crippen LogP contribution in [0.2, 0.25) is 0 Å². The zero-order chi connectivity index (χ0) is 27.7. The van der Waals surface area contributed by atoms with E-state index in [2.05, 4.69) is 20.3 Å². The number of amides is 1. The summed E-state index contributed by atoms with van der Waals surface area (Å²) < 4.78 is 46.1. The maximum Gasteiger partial charge on any atom is 0.409 e. The van der Waals surface area contributed by atoms with E-state index in [9.17, 15) is 13.6 Å². The molecule has 2 saturated heterocycles. The van der Waals surface area contributed by atoms with Crippen molar-refractivity contribution in [3.63, 3.8) is 0 Å². The van der Waals surface area contributed by atoms with Gasteiger partial charge in [-0.15, -0.1) is 0 Å². The lowest BCUT2D eigenvalue weighted by molar-refractivity contribution is 0.0506. The monoisotopic (exact) mass is 546 g/mol. The third-order valence-corrected chi connectivity index (χ3v) is 6.38. The molecule has 2 fully saturated rings. The average molecular weight is 547 g/mol. The van der Waals surface area contributed by atoms with Crippen molar-refractivity contribution in [2.24, 2.45) is 0 Å². The number of anilines is 2. The molecule has 39 heavy (non-hydrogen) atoms. The van der Waals surface area contributed by atoms with Gasteiger partial charge in [0.15, 0.2) is 5.82 Å². The quantitative estimate of drug-likeness (QED) is 0.492. The molecule has 12 nitrogen and oxygen atoms in total. The van der Waals surface area contributed by atoms with Gasteiger partial charge in [-0.05, 0) is 45.7 Å². The molecule has 0 aliphatic carbocycles. The number of nitrogens with zero attached hydrogens (tertiary/aromatic N) is 7. The topological polar surface area (TPSA) is 120 Å². The number of para-hydroxylation sites is 1. The Kier molecular flexibility index (Phi) is 7.38. The molecule has 1 unspecified atom stereocenters. The summed E-state index contributed by atoms with van der Waals surface area (Å²) in [7, 11) is 1.46. The third-order valence-electron chi connectivity index (χ3n) is 6.38. The molecule has 1 atom stereocenters. The van der Waals surface area contributed by atoms with Crippen LogP contribution in [0.25, 0.3) is 17.0 Å². The van der Waals surface area contributed by atoms with Gasteiger partial charge in [0.2, 0.25) is 17.8 Å². The van der Waals surface area contributed by atoms with Gasteiger partial charge in [-0.1, -0.05) is 6.07 Å². The van der Waals surface area contributed by atoms with E-state index in [-0.39, 0.29) is 17.4 Å². The van der Waals surface area contributed by atoms with Crippen LogP contribution in [0.1, 0.15) is 45.9 Å². The minimum atomic E-state index is -2.90. The van der Waals surface area contributed by atoms with Gasteiger partial charge >= 0.3 is 6.09 Å². The number of alkyl halides is 2. The number of carbonyl (C=O) groups is 1. The van der Waals surface area contributed by atoms with Gasteiger partial charge in [-0.25, -0.2) is 18.6 Å². The Morgan fingerprint density at radius 1 is 1.08 bits per heavy atom. The van der Waals surface area contributed by atoms with E-state index in [4.69, 9.17) is 19.2 Å². The van der Waals surface area contributed by atoms with Crippen molar-refractivity contribution in [3.05, 3.63) is 24.0 Å². The number of halogens is 2. The summed E-state index contributed by atoms with van der Waals surface area (Å²) in [5.74, 6) is 0.424. The normalized spacial score (nSPS) is 18.2. The predicted octanol–water partition coefficient (Wildman–Crippen LogP) is 3.44. The molecular formula is C25H32F2N8O4. The van der Waals surface area contributed by atoms with E-state index in [1.807, 2.05) is 9.80 Å². The Balaban J connectivity index is 1.61. The number of benzene rings is 1. The smallest absolute Gasteiger partial charge is 0.409 e. The van der Waals surface area contributed by atoms with Crippen molar-refractivity contribution < 1.29 is 27.8 Å². The summed E-state index contributed by atoms with van der Waals surface area (Å²) in [6.45, 7) is 7.94. The molecule has 2 aliphatic rings. The molecule has 2 aliphatic heterocycles. The van der Waals surface area contributed by atoms with Crippen LogP contribution in [0.15, 0.2) is 18.2 Å². The first-order chi connectivity index (χ1) is 18.6. The highest BCUT2D eigenvalue weighted by atomic mass is 19.3. The zero-order valence-corrected chi connectivity index (χ0v) is 22.4. The Morgan fingerprint density at radius 3 is 2.49 bits per heavy atom. The fourth-order valence-corrected chi connectivity index (χ4v) is 4.69. The summed E-state index contributed by atoms with van der Waals surface area (Å²) >= 11 is 0. The van der Waals surface area contributed by atoms with Crippen molar-refractivity contribution in [2.75, 3.05) is 49.8 Å². The zero-order valence-electron chi connectivity index (χ0n) is 22.4. The highest BCUT2D eigenvalue weighted by molar-refractivity contribution is 5.84. The highest BCUT2D eigenvalue weighted by Gasteiger charge is 2.32. The van der Waals surface area contributed by atoms with Gasteiger partial charge in [-0.2, -0.15) is 15.0 Å². The molecule has 1 aromatic carbocycles. The Morgan fingerprint density at radius 2 is 1.79 bits per heavy atom. The number of hydrogen-bond donors (Lipinski definition) is 1. The minimum Gasteiger partial charge on any atom is -0.494 e. The van der Waals surface area contributed by atoms with E-state index in [0.29, 0.717) is 56.5 Å². The predicted molar refractivity (Wildman–Crippen MR) is 139 cm³/mol. The number of fused-ring (bicyclic) bond motifs is 1. The fraction of sp³-hybridized carbons (Fsp3) is 0.560. The van der Waals surface area contributed by atoms with Crippen LogP contribution < -0.4 is 19.9 Å². The molecule has 4 heterocycles. The van der Waals surface area contributed by atoms with Gasteiger partial charge < -0.3 is 29.3 Å². The number of hydrogen-bond acceptors (Lipinski definition) is 10. The van der Waals surface area contributed by atoms with Gasteiger partial charge in [0.1, 0.15) is 23.0 Å². The van der Waals surface area contributed by atoms with Crippen LogP contribution in [0.3, 0.4) is 0 Å². The van der Waals surface area contributed by atoms with Crippen molar-refractivity contribution in [3.8, 4) is 11.7 Å². The van der Waals surface area contributed by atoms with Crippen LogP contribution in [-0.4, -0.2) is 82.3 Å². The number of imidazole rings is 1. The summed E-state index contributed by atoms with van der Waals surface area (Å²) in [5.41, 5.74) is -0.0116. The SMILES string of the molecule is COc1cccc2c1nc(C(F)F)n2-c1nc(N2CCOCC2)nc(N2CCCC2NC(=O)OC(C)(C)C)n1. The van der Waals surface area contributed by atoms with Crippen LogP contribution in [-0.2, 0) is 9.47 Å². The number of rotatable bonds is 6. The number of ether oxygens (including phenoxy) is 3. The van der Waals surface area contributed by atoms with E-state index < -0.39 is 30.1 Å². The first-order valence-corrected chi connectivity index (χ1v) is 12.8. The summed E-state index contributed by atoms with van der Waals surface area (Å²) in [6.07, 6.45) is -2.50. The molecule has 1 amide bonds. The largest absolute Gasteiger partial charge is 0.494 e. The van der Waals surface area contributed by atoms with Crippen molar-refractivity contribution in [1.82, 2.24) is 29.8 Å². The standard InChI is InChI=1S/C25H32F2N8O4/c1-25(2,3)39-24(36)28-17-9-6-10-34(17)22-30-21(33-11-13-38-14-12-33)31-23(32-22)35-15-7-5-8-16(37-4)18(15)29-20(35)19(26)27/h5,7-8,17,19H,6,9-14H2,1-4H3,(H,28,36). The van der Waals surface area contributed by atoms with Crippen LogP contribution >= 0.6 is 0 Å². The molecule has 0 saturated carbocycles. The fourth-order valence-electron chi connectivity index (χ4n) is 4.69. The molecule has 0 spiro atoms. The molecule has 0 radical (unpaired) electrons. The Hall–Kier alpha value is -3.81. The molecular weight excluding hydrogens is 514 g/mol. The maximum atomic E-state index is 14.3. The van der Waals surface area contributed by atoms with Gasteiger partial charge in [0, 0.05) is 19.6 Å². The molecule has 14 heteroatoms. The maximum absolute atomic E-state index is 14.3. The number of aromatic nitrogens is 5. The molecule has 0 bridgehead atoms. The number of carbonyl (C=O) groups excluding carboxylic acids is 1. The lowest BCUT2D eigenvalue weighted by Crippen LogP contribution is -2.47. The second-order valence-corrected chi connectivity index (χ2v) is 10.3. The second kappa shape index (κ2) is 10.8. The van der Waals surface area contributed by atoms with Crippen LogP contribution in [0.5, 0.6) is 5.75 Å². The Bertz CT molecular complexity index is 1340. The van der Waals surface area contributed by atoms with Crippen molar-refractivity contribution >= 4 is 29.0 Å². The van der Waals surface area contributed by atoms with E-state index in [1.165, 1.54) is 11.7 Å². The van der Waals surface area contributed by atoms with Gasteiger partial charge in [0.05, 0.1) is 25.8 Å². The molecule has 3 aromatic rings. The lowest BCUT2D eigenvalue weighted by atomic mass is 10.2. The highest BCUT2D eigenvalue weighted by Crippen LogP contribution is 2.33. The molecule has 210 valence electrons. The second-order valence-electron chi connectivity index (χ2n) is 10.3. The van der Waals surface area contributed by atoms with Gasteiger partial charge in [-0.3, -0.25) is 4.57 Å². The summed E-state index contributed by atoms with van der Waals surface area (Å²) in [4.78, 5) is 34.4. The Labute approximate surface area is 224 Å². The molecule has 1 N–H and O–H groups in total. The van der Waals surface area contributed by atoms with Crippen LogP contribution in [0, 0.1) is 0 Å². The number of methoxy groups -OCH3 is 1. The molecule has 2 aromatic heterocycles.